The molecule has 0 aromatic heterocycles. The van der Waals surface area contributed by atoms with Crippen molar-refractivity contribution in [2.75, 3.05) is 14.2 Å². The second-order valence-electron chi connectivity index (χ2n) is 9.59. The van der Waals surface area contributed by atoms with Crippen LogP contribution in [0.5, 0.6) is 0 Å². The molecule has 0 saturated carbocycles. The van der Waals surface area contributed by atoms with Crippen molar-refractivity contribution in [1.29, 1.82) is 0 Å². The average molecular weight is 857 g/mol. The number of aliphatic hydroxyl groups excluding tert-OH is 1. The molecule has 2 aliphatic heterocycles. The first-order valence-electron chi connectivity index (χ1n) is 15.6. The van der Waals surface area contributed by atoms with Gasteiger partial charge in [0, 0.05) is 18.5 Å². The molecule has 2 aliphatic rings. The van der Waals surface area contributed by atoms with Crippen LogP contribution in [-0.2, 0) is 38.2 Å². The van der Waals surface area contributed by atoms with E-state index in [1.807, 2.05) is 31.3 Å². The standard InChI is InChI=1S/2C11H13N.C2F6O5S2.C2H3F3O3S.2C2H6.CH4O/c2*1-9-7-8-11(12-9)10-5-3-2-4-6-10;3-1(4,5)14(9,10)13-15(11,12)2(6,7)8;1-8-9(6,7)2(3,4)5;3*1-2/h2*2-6,11H,7-8H2,1H3;;1H3;2*1-2H3;2H,1H3. The van der Waals surface area contributed by atoms with Gasteiger partial charge in [-0.3, -0.25) is 14.2 Å². The van der Waals surface area contributed by atoms with Crippen molar-refractivity contribution in [3.8, 4) is 0 Å². The summed E-state index contributed by atoms with van der Waals surface area (Å²) in [5.74, 6) is 0. The van der Waals surface area contributed by atoms with E-state index in [-0.39, 0.29) is 0 Å². The summed E-state index contributed by atoms with van der Waals surface area (Å²) in [6.07, 6.45) is 4.71. The molecule has 314 valence electrons. The van der Waals surface area contributed by atoms with Crippen LogP contribution < -0.4 is 0 Å². The van der Waals surface area contributed by atoms with Crippen molar-refractivity contribution in [3.05, 3.63) is 71.8 Å². The smallest absolute Gasteiger partial charge is 0.400 e. The predicted molar refractivity (Wildman–Crippen MR) is 187 cm³/mol. The molecule has 2 unspecified atom stereocenters. The van der Waals surface area contributed by atoms with Crippen molar-refractivity contribution < 1.29 is 77.7 Å². The molecule has 23 heteroatoms. The number of aliphatic imine (C=N–C) groups is 2. The van der Waals surface area contributed by atoms with Gasteiger partial charge in [0.05, 0.1) is 19.2 Å². The topological polar surface area (TPSA) is 166 Å². The van der Waals surface area contributed by atoms with Gasteiger partial charge < -0.3 is 5.11 Å². The highest BCUT2D eigenvalue weighted by molar-refractivity contribution is 8.00. The number of alkyl halides is 9. The summed E-state index contributed by atoms with van der Waals surface area (Å²) in [5, 5.41) is 7.00. The number of benzene rings is 2. The van der Waals surface area contributed by atoms with Crippen molar-refractivity contribution in [2.45, 2.75) is 95.8 Å². The van der Waals surface area contributed by atoms with Crippen molar-refractivity contribution in [2.24, 2.45) is 9.98 Å². The third kappa shape index (κ3) is 20.0. The molecule has 0 amide bonds. The highest BCUT2D eigenvalue weighted by Gasteiger charge is 2.57. The highest BCUT2D eigenvalue weighted by Crippen LogP contribution is 2.32. The number of hydrogen-bond acceptors (Lipinski definition) is 11. The van der Waals surface area contributed by atoms with E-state index in [0.29, 0.717) is 19.2 Å². The Kier molecular flexibility index (Phi) is 25.7. The molecule has 1 N–H and O–H groups in total. The molecular formula is C31H45F9N2O9S3. The maximum Gasteiger partial charge on any atom is 0.524 e. The Hall–Kier alpha value is -3.12. The molecule has 2 aromatic carbocycles. The highest BCUT2D eigenvalue weighted by atomic mass is 32.3. The van der Waals surface area contributed by atoms with Crippen LogP contribution in [0.25, 0.3) is 0 Å². The van der Waals surface area contributed by atoms with Crippen molar-refractivity contribution in [3.63, 3.8) is 0 Å². The van der Waals surface area contributed by atoms with E-state index in [4.69, 9.17) is 5.11 Å². The first-order valence-corrected chi connectivity index (χ1v) is 19.8. The molecule has 0 spiro atoms. The van der Waals surface area contributed by atoms with Gasteiger partial charge in [0.25, 0.3) is 0 Å². The summed E-state index contributed by atoms with van der Waals surface area (Å²) in [6, 6.07) is 21.9. The first kappa shape index (κ1) is 55.2. The molecule has 11 nitrogen and oxygen atoms in total. The van der Waals surface area contributed by atoms with Crippen LogP contribution in [-0.4, -0.2) is 72.5 Å². The molecular weight excluding hydrogens is 812 g/mol. The molecule has 54 heavy (non-hydrogen) atoms. The normalized spacial score (nSPS) is 16.9. The van der Waals surface area contributed by atoms with Crippen LogP contribution in [0.3, 0.4) is 0 Å². The lowest BCUT2D eigenvalue weighted by molar-refractivity contribution is -0.0586. The molecule has 2 atom stereocenters. The quantitative estimate of drug-likeness (QED) is 0.176. The zero-order chi connectivity index (χ0) is 43.2. The number of rotatable bonds is 5. The van der Waals surface area contributed by atoms with Crippen molar-refractivity contribution in [1.82, 2.24) is 0 Å². The fourth-order valence-corrected chi connectivity index (χ4v) is 5.35. The Labute approximate surface area is 310 Å². The number of nitrogens with zero attached hydrogens (tertiary/aromatic N) is 2. The van der Waals surface area contributed by atoms with E-state index in [2.05, 4.69) is 88.7 Å². The lowest BCUT2D eigenvalue weighted by atomic mass is 10.1. The van der Waals surface area contributed by atoms with Crippen LogP contribution in [0.4, 0.5) is 39.5 Å². The van der Waals surface area contributed by atoms with E-state index in [1.54, 1.807) is 0 Å². The van der Waals surface area contributed by atoms with Gasteiger partial charge in [-0.25, -0.2) is 0 Å². The Morgan fingerprint density at radius 3 is 0.981 bits per heavy atom. The molecule has 2 heterocycles. The van der Waals surface area contributed by atoms with Gasteiger partial charge in [-0.2, -0.15) is 64.8 Å². The third-order valence-electron chi connectivity index (χ3n) is 5.93. The lowest BCUT2D eigenvalue weighted by Crippen LogP contribution is -2.34. The van der Waals surface area contributed by atoms with Crippen LogP contribution in [0.1, 0.15) is 90.4 Å². The summed E-state index contributed by atoms with van der Waals surface area (Å²) >= 11 is 0. The first-order chi connectivity index (χ1) is 24.7. The zero-order valence-electron chi connectivity index (χ0n) is 30.5. The van der Waals surface area contributed by atoms with E-state index in [9.17, 15) is 64.8 Å². The Morgan fingerprint density at radius 1 is 0.556 bits per heavy atom. The summed E-state index contributed by atoms with van der Waals surface area (Å²) in [6.45, 7) is 12.2. The largest absolute Gasteiger partial charge is 0.524 e. The van der Waals surface area contributed by atoms with E-state index in [0.717, 1.165) is 7.11 Å². The van der Waals surface area contributed by atoms with E-state index >= 15 is 0 Å². The fraction of sp³-hybridized carbons (Fsp3) is 0.548. The monoisotopic (exact) mass is 856 g/mol. The fourth-order valence-electron chi connectivity index (χ4n) is 3.60. The second kappa shape index (κ2) is 25.1. The Balaban J connectivity index is -0.000000619. The van der Waals surface area contributed by atoms with Gasteiger partial charge in [-0.05, 0) is 50.7 Å². The average Bonchev–Trinajstić information content (AvgIpc) is 3.75. The van der Waals surface area contributed by atoms with Crippen molar-refractivity contribution >= 4 is 41.8 Å². The number of halogens is 9. The maximum atomic E-state index is 11.4. The number of aliphatic hydroxyl groups is 1. The van der Waals surface area contributed by atoms with E-state index in [1.165, 1.54) is 48.2 Å². The molecule has 0 bridgehead atoms. The minimum atomic E-state index is -6.85. The minimum Gasteiger partial charge on any atom is -0.400 e. The van der Waals surface area contributed by atoms with Gasteiger partial charge in [0.2, 0.25) is 0 Å². The lowest BCUT2D eigenvalue weighted by Gasteiger charge is -2.09. The molecule has 0 aliphatic carbocycles. The third-order valence-corrected chi connectivity index (χ3v) is 9.50. The zero-order valence-corrected chi connectivity index (χ0v) is 32.9. The SMILES string of the molecule is CC.CC.CC1=NC(c2ccccc2)CC1.CC1=NC(c2ccccc2)CC1.CO.COS(=O)(=O)C(F)(F)F.O=S(=O)(OS(=O)(=O)C(F)(F)F)C(F)(F)F. The summed E-state index contributed by atoms with van der Waals surface area (Å²) < 4.78 is 166. The van der Waals surface area contributed by atoms with Crippen LogP contribution in [0, 0.1) is 0 Å². The maximum absolute atomic E-state index is 11.4. The second-order valence-corrected chi connectivity index (χ2v) is 14.6. The van der Waals surface area contributed by atoms with E-state index < -0.39 is 46.9 Å². The summed E-state index contributed by atoms with van der Waals surface area (Å²) in [7, 11) is -17.6. The van der Waals surface area contributed by atoms with Gasteiger partial charge in [-0.1, -0.05) is 88.4 Å². The van der Waals surface area contributed by atoms with Gasteiger partial charge >= 0.3 is 46.9 Å². The molecule has 0 radical (unpaired) electrons. The molecule has 2 aromatic rings. The van der Waals surface area contributed by atoms with Gasteiger partial charge in [0.15, 0.2) is 0 Å². The molecule has 0 saturated heterocycles. The summed E-state index contributed by atoms with van der Waals surface area (Å²) in [4.78, 5) is 9.15. The van der Waals surface area contributed by atoms with Crippen LogP contribution >= 0.6 is 0 Å². The van der Waals surface area contributed by atoms with Gasteiger partial charge in [-0.15, -0.1) is 3.63 Å². The Morgan fingerprint density at radius 2 is 0.815 bits per heavy atom. The predicted octanol–water partition coefficient (Wildman–Crippen LogP) is 8.81. The molecule has 4 rings (SSSR count). The van der Waals surface area contributed by atoms with Gasteiger partial charge in [0.1, 0.15) is 0 Å². The summed E-state index contributed by atoms with van der Waals surface area (Å²) in [5.41, 5.74) is -12.5. The van der Waals surface area contributed by atoms with Crippen LogP contribution in [0.15, 0.2) is 70.6 Å². The van der Waals surface area contributed by atoms with Crippen LogP contribution in [0.2, 0.25) is 0 Å². The Bertz CT molecular complexity index is 1610. The minimum absolute atomic E-state index is 0.436. The molecule has 0 fully saturated rings. The number of hydrogen-bond donors (Lipinski definition) is 1.